The summed E-state index contributed by atoms with van der Waals surface area (Å²) in [5.41, 5.74) is 0.826. The zero-order valence-electron chi connectivity index (χ0n) is 15.1. The highest BCUT2D eigenvalue weighted by Crippen LogP contribution is 2.22. The van der Waals surface area contributed by atoms with Gasteiger partial charge in [-0.15, -0.1) is 12.4 Å². The van der Waals surface area contributed by atoms with Crippen molar-refractivity contribution in [2.45, 2.75) is 39.5 Å². The number of rotatable bonds is 8. The second kappa shape index (κ2) is 11.2. The van der Waals surface area contributed by atoms with Crippen LogP contribution in [0.25, 0.3) is 0 Å². The number of amides is 2. The van der Waals surface area contributed by atoms with Gasteiger partial charge in [-0.25, -0.2) is 0 Å². The Morgan fingerprint density at radius 2 is 2.12 bits per heavy atom. The van der Waals surface area contributed by atoms with Crippen LogP contribution in [0.5, 0.6) is 0 Å². The molecule has 25 heavy (non-hydrogen) atoms. The molecule has 2 unspecified atom stereocenters. The Kier molecular flexibility index (Phi) is 9.60. The minimum absolute atomic E-state index is 0. The lowest BCUT2D eigenvalue weighted by Crippen LogP contribution is -2.36. The van der Waals surface area contributed by atoms with E-state index >= 15 is 0 Å². The highest BCUT2D eigenvalue weighted by molar-refractivity contribution is 5.92. The van der Waals surface area contributed by atoms with E-state index in [1.54, 1.807) is 6.07 Å². The van der Waals surface area contributed by atoms with Gasteiger partial charge in [0.05, 0.1) is 6.26 Å². The first kappa shape index (κ1) is 21.5. The van der Waals surface area contributed by atoms with Crippen molar-refractivity contribution >= 4 is 24.2 Å². The van der Waals surface area contributed by atoms with Gasteiger partial charge >= 0.3 is 0 Å². The van der Waals surface area contributed by atoms with Crippen molar-refractivity contribution in [3.63, 3.8) is 0 Å². The van der Waals surface area contributed by atoms with Gasteiger partial charge in [0.25, 0.3) is 5.91 Å². The molecule has 1 aliphatic rings. The van der Waals surface area contributed by atoms with Crippen LogP contribution in [0, 0.1) is 18.8 Å². The Labute approximate surface area is 155 Å². The van der Waals surface area contributed by atoms with Crippen LogP contribution in [0.2, 0.25) is 0 Å². The van der Waals surface area contributed by atoms with Crippen LogP contribution in [-0.2, 0) is 4.79 Å². The Balaban J connectivity index is 0.00000312. The molecule has 2 atom stereocenters. The fourth-order valence-corrected chi connectivity index (χ4v) is 3.10. The highest BCUT2D eigenvalue weighted by atomic mass is 35.5. The largest absolute Gasteiger partial charge is 0.459 e. The molecular formula is C18H30ClN3O3. The molecule has 1 saturated heterocycles. The molecule has 0 aliphatic carbocycles. The third-order valence-electron chi connectivity index (χ3n) is 4.68. The summed E-state index contributed by atoms with van der Waals surface area (Å²) in [7, 11) is 0. The molecule has 3 N–H and O–H groups in total. The average molecular weight is 372 g/mol. The Morgan fingerprint density at radius 1 is 1.36 bits per heavy atom. The normalized spacial score (nSPS) is 18.1. The third kappa shape index (κ3) is 7.08. The van der Waals surface area contributed by atoms with Gasteiger partial charge in [0.2, 0.25) is 5.91 Å². The van der Waals surface area contributed by atoms with Gasteiger partial charge in [-0.3, -0.25) is 9.59 Å². The van der Waals surface area contributed by atoms with Crippen molar-refractivity contribution in [2.75, 3.05) is 26.2 Å². The van der Waals surface area contributed by atoms with E-state index in [4.69, 9.17) is 4.42 Å². The van der Waals surface area contributed by atoms with Crippen molar-refractivity contribution in [1.29, 1.82) is 0 Å². The smallest absolute Gasteiger partial charge is 0.287 e. The molecule has 1 aliphatic heterocycles. The van der Waals surface area contributed by atoms with Crippen LogP contribution in [0.15, 0.2) is 16.7 Å². The maximum absolute atomic E-state index is 12.0. The lowest BCUT2D eigenvalue weighted by molar-refractivity contribution is -0.122. The second-order valence-electron chi connectivity index (χ2n) is 6.68. The topological polar surface area (TPSA) is 83.4 Å². The summed E-state index contributed by atoms with van der Waals surface area (Å²) in [6, 6.07) is 1.76. The number of nitrogens with one attached hydrogen (secondary N) is 3. The molecule has 1 aromatic heterocycles. The van der Waals surface area contributed by atoms with Crippen molar-refractivity contribution < 1.29 is 14.0 Å². The fourth-order valence-electron chi connectivity index (χ4n) is 3.10. The number of hydrogen-bond donors (Lipinski definition) is 3. The summed E-state index contributed by atoms with van der Waals surface area (Å²) >= 11 is 0. The standard InChI is InChI=1S/C18H29N3O3.ClH/c1-13-6-10-24-17(13)18(23)21-9-4-8-20-16(22)11-14(2)15-5-3-7-19-12-15;/h6,10,14-15,19H,3-5,7-9,11-12H2,1-2H3,(H,20,22)(H,21,23);1H. The molecule has 7 heteroatoms. The van der Waals surface area contributed by atoms with E-state index in [0.29, 0.717) is 43.5 Å². The zero-order chi connectivity index (χ0) is 17.4. The molecule has 0 saturated carbocycles. The summed E-state index contributed by atoms with van der Waals surface area (Å²) < 4.78 is 5.14. The Bertz CT molecular complexity index is 541. The van der Waals surface area contributed by atoms with E-state index in [0.717, 1.165) is 18.7 Å². The molecule has 0 spiro atoms. The molecule has 2 heterocycles. The molecule has 2 amide bonds. The minimum Gasteiger partial charge on any atom is -0.459 e. The monoisotopic (exact) mass is 371 g/mol. The summed E-state index contributed by atoms with van der Waals surface area (Å²) in [5, 5.41) is 9.13. The van der Waals surface area contributed by atoms with Crippen molar-refractivity contribution in [3.05, 3.63) is 23.7 Å². The molecule has 2 rings (SSSR count). The first-order chi connectivity index (χ1) is 11.6. The minimum atomic E-state index is -0.206. The molecule has 6 nitrogen and oxygen atoms in total. The maximum Gasteiger partial charge on any atom is 0.287 e. The first-order valence-corrected chi connectivity index (χ1v) is 8.87. The number of carbonyl (C=O) groups is 2. The lowest BCUT2D eigenvalue weighted by atomic mass is 9.85. The van der Waals surface area contributed by atoms with Gasteiger partial charge < -0.3 is 20.4 Å². The van der Waals surface area contributed by atoms with E-state index in [9.17, 15) is 9.59 Å². The van der Waals surface area contributed by atoms with Crippen LogP contribution >= 0.6 is 12.4 Å². The highest BCUT2D eigenvalue weighted by Gasteiger charge is 2.21. The molecule has 1 aromatic rings. The predicted molar refractivity (Wildman–Crippen MR) is 100 cm³/mol. The second-order valence-corrected chi connectivity index (χ2v) is 6.68. The van der Waals surface area contributed by atoms with Crippen molar-refractivity contribution in [1.82, 2.24) is 16.0 Å². The average Bonchev–Trinajstić information content (AvgIpc) is 3.01. The first-order valence-electron chi connectivity index (χ1n) is 8.87. The Hall–Kier alpha value is -1.53. The number of halogens is 1. The van der Waals surface area contributed by atoms with Crippen molar-refractivity contribution in [2.24, 2.45) is 11.8 Å². The van der Waals surface area contributed by atoms with Crippen LogP contribution in [0.1, 0.15) is 48.7 Å². The van der Waals surface area contributed by atoms with Gasteiger partial charge in [0.1, 0.15) is 0 Å². The van der Waals surface area contributed by atoms with Crippen LogP contribution in [0.4, 0.5) is 0 Å². The summed E-state index contributed by atoms with van der Waals surface area (Å²) in [4.78, 5) is 23.8. The van der Waals surface area contributed by atoms with Gasteiger partial charge in [-0.1, -0.05) is 6.92 Å². The number of aryl methyl sites for hydroxylation is 1. The molecule has 0 aromatic carbocycles. The third-order valence-corrected chi connectivity index (χ3v) is 4.68. The molecule has 0 radical (unpaired) electrons. The zero-order valence-corrected chi connectivity index (χ0v) is 15.9. The number of hydrogen-bond acceptors (Lipinski definition) is 4. The summed E-state index contributed by atoms with van der Waals surface area (Å²) in [5.74, 6) is 1.25. The lowest BCUT2D eigenvalue weighted by Gasteiger charge is -2.28. The van der Waals surface area contributed by atoms with Gasteiger partial charge in [0, 0.05) is 25.1 Å². The van der Waals surface area contributed by atoms with Crippen LogP contribution in [-0.4, -0.2) is 38.0 Å². The van der Waals surface area contributed by atoms with Crippen LogP contribution in [0.3, 0.4) is 0 Å². The van der Waals surface area contributed by atoms with Gasteiger partial charge in [0.15, 0.2) is 5.76 Å². The number of furan rings is 1. The van der Waals surface area contributed by atoms with E-state index in [-0.39, 0.29) is 24.2 Å². The summed E-state index contributed by atoms with van der Waals surface area (Å²) in [6.45, 7) is 7.20. The van der Waals surface area contributed by atoms with Crippen molar-refractivity contribution in [3.8, 4) is 0 Å². The number of carbonyl (C=O) groups excluding carboxylic acids is 2. The van der Waals surface area contributed by atoms with E-state index in [1.807, 2.05) is 6.92 Å². The molecular weight excluding hydrogens is 342 g/mol. The van der Waals surface area contributed by atoms with Gasteiger partial charge in [-0.2, -0.15) is 0 Å². The van der Waals surface area contributed by atoms with E-state index in [1.165, 1.54) is 19.1 Å². The SMILES string of the molecule is Cc1ccoc1C(=O)NCCCNC(=O)CC(C)C1CCCNC1.Cl. The summed E-state index contributed by atoms with van der Waals surface area (Å²) in [6.07, 6.45) is 5.19. The Morgan fingerprint density at radius 3 is 2.76 bits per heavy atom. The quantitative estimate of drug-likeness (QED) is 0.612. The predicted octanol–water partition coefficient (Wildman–Crippen LogP) is 2.27. The maximum atomic E-state index is 12.0. The van der Waals surface area contributed by atoms with E-state index in [2.05, 4.69) is 22.9 Å². The van der Waals surface area contributed by atoms with Crippen LogP contribution < -0.4 is 16.0 Å². The number of piperidine rings is 1. The molecule has 0 bridgehead atoms. The van der Waals surface area contributed by atoms with E-state index < -0.39 is 0 Å². The molecule has 1 fully saturated rings. The fraction of sp³-hybridized carbons (Fsp3) is 0.667. The molecule has 142 valence electrons. The van der Waals surface area contributed by atoms with Gasteiger partial charge in [-0.05, 0) is 57.2 Å².